The first-order valence-electron chi connectivity index (χ1n) is 5.94. The van der Waals surface area contributed by atoms with Crippen molar-refractivity contribution in [1.82, 2.24) is 9.97 Å². The number of unbranched alkanes of at least 4 members (excludes halogenated alkanes) is 1. The highest BCUT2D eigenvalue weighted by Gasteiger charge is 2.08. The molecule has 0 aliphatic rings. The molecule has 0 saturated heterocycles. The van der Waals surface area contributed by atoms with Gasteiger partial charge < -0.3 is 10.6 Å². The van der Waals surface area contributed by atoms with Gasteiger partial charge in [-0.1, -0.05) is 13.3 Å². The highest BCUT2D eigenvalue weighted by molar-refractivity contribution is 5.37. The number of nitrogens with two attached hydrogens (primary N) is 1. The van der Waals surface area contributed by atoms with Crippen LogP contribution in [0.1, 0.15) is 31.2 Å². The van der Waals surface area contributed by atoms with Crippen molar-refractivity contribution in [3.05, 3.63) is 17.6 Å². The maximum Gasteiger partial charge on any atom is 0.147 e. The molecule has 0 fully saturated rings. The van der Waals surface area contributed by atoms with Crippen molar-refractivity contribution >= 4 is 5.82 Å². The van der Waals surface area contributed by atoms with Gasteiger partial charge in [0.05, 0.1) is 17.6 Å². The van der Waals surface area contributed by atoms with Gasteiger partial charge in [0.2, 0.25) is 0 Å². The summed E-state index contributed by atoms with van der Waals surface area (Å²) in [6, 6.07) is 0. The first-order valence-corrected chi connectivity index (χ1v) is 5.94. The molecule has 0 aliphatic heterocycles. The number of anilines is 1. The molecule has 0 atom stereocenters. The van der Waals surface area contributed by atoms with E-state index in [1.807, 2.05) is 20.0 Å². The van der Waals surface area contributed by atoms with E-state index in [1.165, 1.54) is 6.42 Å². The predicted octanol–water partition coefficient (Wildman–Crippen LogP) is 1.66. The fraction of sp³-hybridized carbons (Fsp3) is 0.667. The summed E-state index contributed by atoms with van der Waals surface area (Å²) in [5, 5.41) is 0. The molecule has 1 aromatic heterocycles. The summed E-state index contributed by atoms with van der Waals surface area (Å²) in [5.74, 6) is 0.946. The molecule has 4 heteroatoms. The largest absolute Gasteiger partial charge is 0.354 e. The quantitative estimate of drug-likeness (QED) is 0.795. The van der Waals surface area contributed by atoms with Gasteiger partial charge in [-0.2, -0.15) is 0 Å². The van der Waals surface area contributed by atoms with Crippen LogP contribution in [0.15, 0.2) is 6.20 Å². The van der Waals surface area contributed by atoms with Gasteiger partial charge in [0, 0.05) is 19.6 Å². The van der Waals surface area contributed by atoms with Gasteiger partial charge in [-0.05, 0) is 20.3 Å². The van der Waals surface area contributed by atoms with Crippen molar-refractivity contribution in [1.29, 1.82) is 0 Å². The van der Waals surface area contributed by atoms with Gasteiger partial charge in [-0.15, -0.1) is 0 Å². The minimum absolute atomic E-state index is 0.651. The van der Waals surface area contributed by atoms with Crippen molar-refractivity contribution in [2.75, 3.05) is 24.5 Å². The summed E-state index contributed by atoms with van der Waals surface area (Å²) in [6.07, 6.45) is 4.18. The third kappa shape index (κ3) is 3.45. The number of hydrogen-bond acceptors (Lipinski definition) is 4. The zero-order valence-corrected chi connectivity index (χ0v) is 10.5. The van der Waals surface area contributed by atoms with Crippen LogP contribution in [0.4, 0.5) is 5.82 Å². The Kier molecular flexibility index (Phi) is 5.19. The fourth-order valence-corrected chi connectivity index (χ4v) is 1.53. The standard InChI is InChI=1S/C12H22N4/c1-4-5-7-16(8-6-13)12-9-14-10(2)11(3)15-12/h9H,4-8,13H2,1-3H3. The molecule has 0 saturated carbocycles. The van der Waals surface area contributed by atoms with E-state index in [4.69, 9.17) is 5.73 Å². The van der Waals surface area contributed by atoms with E-state index in [0.29, 0.717) is 6.54 Å². The monoisotopic (exact) mass is 222 g/mol. The van der Waals surface area contributed by atoms with Gasteiger partial charge in [0.15, 0.2) is 0 Å². The molecule has 2 N–H and O–H groups in total. The number of rotatable bonds is 6. The Hall–Kier alpha value is -1.16. The fourth-order valence-electron chi connectivity index (χ4n) is 1.53. The second-order valence-electron chi connectivity index (χ2n) is 4.03. The Morgan fingerprint density at radius 1 is 1.25 bits per heavy atom. The lowest BCUT2D eigenvalue weighted by Gasteiger charge is -2.23. The minimum Gasteiger partial charge on any atom is -0.354 e. The van der Waals surface area contributed by atoms with E-state index in [-0.39, 0.29) is 0 Å². The van der Waals surface area contributed by atoms with E-state index in [0.717, 1.165) is 36.7 Å². The Bertz CT molecular complexity index is 325. The Labute approximate surface area is 97.9 Å². The summed E-state index contributed by atoms with van der Waals surface area (Å²) < 4.78 is 0. The molecule has 0 aromatic carbocycles. The predicted molar refractivity (Wildman–Crippen MR) is 67.7 cm³/mol. The zero-order valence-electron chi connectivity index (χ0n) is 10.5. The van der Waals surface area contributed by atoms with Crippen LogP contribution in [-0.4, -0.2) is 29.6 Å². The van der Waals surface area contributed by atoms with Crippen molar-refractivity contribution in [3.8, 4) is 0 Å². The van der Waals surface area contributed by atoms with Gasteiger partial charge in [-0.25, -0.2) is 4.98 Å². The minimum atomic E-state index is 0.651. The molecule has 0 bridgehead atoms. The van der Waals surface area contributed by atoms with Crippen molar-refractivity contribution in [3.63, 3.8) is 0 Å². The van der Waals surface area contributed by atoms with Gasteiger partial charge >= 0.3 is 0 Å². The molecular formula is C12H22N4. The molecule has 1 aromatic rings. The molecule has 0 unspecified atom stereocenters. The van der Waals surface area contributed by atoms with Crippen molar-refractivity contribution < 1.29 is 0 Å². The maximum absolute atomic E-state index is 5.62. The lowest BCUT2D eigenvalue weighted by Crippen LogP contribution is -2.31. The van der Waals surface area contributed by atoms with Crippen LogP contribution in [0.2, 0.25) is 0 Å². The van der Waals surface area contributed by atoms with Crippen LogP contribution >= 0.6 is 0 Å². The molecule has 0 aliphatic carbocycles. The number of aryl methyl sites for hydroxylation is 2. The second-order valence-corrected chi connectivity index (χ2v) is 4.03. The molecule has 1 heterocycles. The van der Waals surface area contributed by atoms with Crippen molar-refractivity contribution in [2.45, 2.75) is 33.6 Å². The number of nitrogens with zero attached hydrogens (tertiary/aromatic N) is 3. The molecular weight excluding hydrogens is 200 g/mol. The second kappa shape index (κ2) is 6.43. The van der Waals surface area contributed by atoms with E-state index >= 15 is 0 Å². The zero-order chi connectivity index (χ0) is 12.0. The Morgan fingerprint density at radius 2 is 2.00 bits per heavy atom. The van der Waals surface area contributed by atoms with Gasteiger partial charge in [0.1, 0.15) is 5.82 Å². The lowest BCUT2D eigenvalue weighted by molar-refractivity contribution is 0.704. The summed E-state index contributed by atoms with van der Waals surface area (Å²) in [7, 11) is 0. The Balaban J connectivity index is 2.78. The van der Waals surface area contributed by atoms with E-state index in [2.05, 4.69) is 21.8 Å². The molecule has 90 valence electrons. The molecule has 0 spiro atoms. The SMILES string of the molecule is CCCCN(CCN)c1cnc(C)c(C)n1. The third-order valence-electron chi connectivity index (χ3n) is 2.68. The molecule has 4 nitrogen and oxygen atoms in total. The number of hydrogen-bond donors (Lipinski definition) is 1. The smallest absolute Gasteiger partial charge is 0.147 e. The van der Waals surface area contributed by atoms with Crippen LogP contribution in [0, 0.1) is 13.8 Å². The molecule has 0 radical (unpaired) electrons. The average molecular weight is 222 g/mol. The lowest BCUT2D eigenvalue weighted by atomic mass is 10.3. The van der Waals surface area contributed by atoms with Gasteiger partial charge in [-0.3, -0.25) is 4.98 Å². The molecule has 0 amide bonds. The van der Waals surface area contributed by atoms with Crippen LogP contribution < -0.4 is 10.6 Å². The van der Waals surface area contributed by atoms with Crippen molar-refractivity contribution in [2.24, 2.45) is 5.73 Å². The normalized spacial score (nSPS) is 10.5. The van der Waals surface area contributed by atoms with E-state index in [9.17, 15) is 0 Å². The van der Waals surface area contributed by atoms with Crippen LogP contribution in [0.25, 0.3) is 0 Å². The summed E-state index contributed by atoms with van der Waals surface area (Å²) in [4.78, 5) is 11.1. The number of aromatic nitrogens is 2. The highest BCUT2D eigenvalue weighted by atomic mass is 15.2. The van der Waals surface area contributed by atoms with Gasteiger partial charge in [0.25, 0.3) is 0 Å². The van der Waals surface area contributed by atoms with Crippen LogP contribution in [0.3, 0.4) is 0 Å². The van der Waals surface area contributed by atoms with Crippen LogP contribution in [-0.2, 0) is 0 Å². The highest BCUT2D eigenvalue weighted by Crippen LogP contribution is 2.12. The van der Waals surface area contributed by atoms with E-state index < -0.39 is 0 Å². The summed E-state index contributed by atoms with van der Waals surface area (Å²) in [5.41, 5.74) is 7.61. The molecule has 1 rings (SSSR count). The first kappa shape index (κ1) is 12.9. The summed E-state index contributed by atoms with van der Waals surface area (Å²) in [6.45, 7) is 8.66. The van der Waals surface area contributed by atoms with Crippen LogP contribution in [0.5, 0.6) is 0 Å². The Morgan fingerprint density at radius 3 is 2.56 bits per heavy atom. The topological polar surface area (TPSA) is 55.0 Å². The third-order valence-corrected chi connectivity index (χ3v) is 2.68. The summed E-state index contributed by atoms with van der Waals surface area (Å²) >= 11 is 0. The average Bonchev–Trinajstić information content (AvgIpc) is 2.28. The maximum atomic E-state index is 5.62. The van der Waals surface area contributed by atoms with E-state index in [1.54, 1.807) is 0 Å². The first-order chi connectivity index (χ1) is 7.69. The molecule has 16 heavy (non-hydrogen) atoms.